The fraction of sp³-hybridized carbons (Fsp3) is 0.200. The number of anilines is 1. The van der Waals surface area contributed by atoms with Crippen LogP contribution in [0.2, 0.25) is 0 Å². The van der Waals surface area contributed by atoms with Gasteiger partial charge in [0.05, 0.1) is 11.1 Å². The number of rotatable bonds is 5. The molecule has 2 aromatic carbocycles. The third kappa shape index (κ3) is 3.49. The van der Waals surface area contributed by atoms with Crippen LogP contribution in [0.15, 0.2) is 46.9 Å². The standard InChI is InChI=1S/C15H16BrNO2/c1-19-10-12-5-2-3-8-14(12)17-9-11-6-4-7-13(16)15(11)18/h2-8,17-18H,9-10H2,1H3. The normalized spacial score (nSPS) is 10.4. The van der Waals surface area contributed by atoms with Gasteiger partial charge in [-0.15, -0.1) is 0 Å². The Balaban J connectivity index is 2.12. The van der Waals surface area contributed by atoms with Crippen LogP contribution < -0.4 is 5.32 Å². The lowest BCUT2D eigenvalue weighted by Crippen LogP contribution is -2.03. The molecule has 0 atom stereocenters. The third-order valence-electron chi connectivity index (χ3n) is 2.86. The quantitative estimate of drug-likeness (QED) is 0.877. The molecule has 0 fully saturated rings. The molecule has 0 amide bonds. The van der Waals surface area contributed by atoms with Gasteiger partial charge in [-0.2, -0.15) is 0 Å². The van der Waals surface area contributed by atoms with Crippen molar-refractivity contribution in [3.63, 3.8) is 0 Å². The van der Waals surface area contributed by atoms with Crippen molar-refractivity contribution in [1.29, 1.82) is 0 Å². The van der Waals surface area contributed by atoms with Crippen LogP contribution in [0.25, 0.3) is 0 Å². The minimum Gasteiger partial charge on any atom is -0.506 e. The lowest BCUT2D eigenvalue weighted by atomic mass is 10.1. The Morgan fingerprint density at radius 3 is 2.63 bits per heavy atom. The Labute approximate surface area is 121 Å². The van der Waals surface area contributed by atoms with E-state index in [-0.39, 0.29) is 5.75 Å². The van der Waals surface area contributed by atoms with Gasteiger partial charge in [-0.1, -0.05) is 30.3 Å². The summed E-state index contributed by atoms with van der Waals surface area (Å²) in [5.41, 5.74) is 2.96. The average Bonchev–Trinajstić information content (AvgIpc) is 2.42. The van der Waals surface area contributed by atoms with Crippen molar-refractivity contribution in [1.82, 2.24) is 0 Å². The minimum atomic E-state index is 0.277. The van der Waals surface area contributed by atoms with Crippen LogP contribution in [0.4, 0.5) is 5.69 Å². The average molecular weight is 322 g/mol. The van der Waals surface area contributed by atoms with Gasteiger partial charge < -0.3 is 15.2 Å². The first-order chi connectivity index (χ1) is 9.22. The molecule has 0 saturated heterocycles. The number of benzene rings is 2. The van der Waals surface area contributed by atoms with E-state index in [4.69, 9.17) is 4.74 Å². The van der Waals surface area contributed by atoms with Crippen molar-refractivity contribution in [2.45, 2.75) is 13.2 Å². The van der Waals surface area contributed by atoms with Gasteiger partial charge in [-0.25, -0.2) is 0 Å². The molecule has 0 heterocycles. The Morgan fingerprint density at radius 1 is 1.11 bits per heavy atom. The van der Waals surface area contributed by atoms with Crippen molar-refractivity contribution in [2.75, 3.05) is 12.4 Å². The van der Waals surface area contributed by atoms with Gasteiger partial charge >= 0.3 is 0 Å². The van der Waals surface area contributed by atoms with Gasteiger partial charge in [0, 0.05) is 30.5 Å². The van der Waals surface area contributed by atoms with Crippen molar-refractivity contribution in [2.24, 2.45) is 0 Å². The predicted molar refractivity (Wildman–Crippen MR) is 80.3 cm³/mol. The lowest BCUT2D eigenvalue weighted by molar-refractivity contribution is 0.185. The monoisotopic (exact) mass is 321 g/mol. The van der Waals surface area contributed by atoms with Gasteiger partial charge in [0.15, 0.2) is 0 Å². The van der Waals surface area contributed by atoms with Crippen LogP contribution in [-0.4, -0.2) is 12.2 Å². The fourth-order valence-electron chi connectivity index (χ4n) is 1.87. The molecule has 3 nitrogen and oxygen atoms in total. The van der Waals surface area contributed by atoms with Crippen molar-refractivity contribution in [3.8, 4) is 5.75 Å². The van der Waals surface area contributed by atoms with E-state index in [0.717, 1.165) is 16.8 Å². The number of nitrogens with one attached hydrogen (secondary N) is 1. The number of ether oxygens (including phenoxy) is 1. The summed E-state index contributed by atoms with van der Waals surface area (Å²) in [6.45, 7) is 1.12. The molecule has 19 heavy (non-hydrogen) atoms. The van der Waals surface area contributed by atoms with E-state index < -0.39 is 0 Å². The summed E-state index contributed by atoms with van der Waals surface area (Å²) in [6, 6.07) is 13.6. The maximum absolute atomic E-state index is 9.94. The molecule has 0 spiro atoms. The third-order valence-corrected chi connectivity index (χ3v) is 3.50. The highest BCUT2D eigenvalue weighted by Gasteiger charge is 2.06. The second-order valence-electron chi connectivity index (χ2n) is 4.19. The van der Waals surface area contributed by atoms with Crippen LogP contribution in [0.3, 0.4) is 0 Å². The lowest BCUT2D eigenvalue weighted by Gasteiger charge is -2.12. The molecule has 0 aliphatic heterocycles. The molecule has 4 heteroatoms. The number of hydrogen-bond acceptors (Lipinski definition) is 3. The number of hydrogen-bond donors (Lipinski definition) is 2. The summed E-state index contributed by atoms with van der Waals surface area (Å²) in [5, 5.41) is 13.3. The topological polar surface area (TPSA) is 41.5 Å². The van der Waals surface area contributed by atoms with E-state index in [1.54, 1.807) is 7.11 Å². The molecule has 0 radical (unpaired) electrons. The molecule has 100 valence electrons. The number of phenolic OH excluding ortho intramolecular Hbond substituents is 1. The first-order valence-electron chi connectivity index (χ1n) is 5.99. The molecular formula is C15H16BrNO2. The van der Waals surface area contributed by atoms with Crippen LogP contribution in [0.5, 0.6) is 5.75 Å². The summed E-state index contributed by atoms with van der Waals surface area (Å²) in [5.74, 6) is 0.277. The molecule has 2 aromatic rings. The maximum atomic E-state index is 9.94. The highest BCUT2D eigenvalue weighted by molar-refractivity contribution is 9.10. The van der Waals surface area contributed by atoms with Gasteiger partial charge in [-0.3, -0.25) is 0 Å². The molecular weight excluding hydrogens is 306 g/mol. The molecule has 0 aliphatic carbocycles. The SMILES string of the molecule is COCc1ccccc1NCc1cccc(Br)c1O. The smallest absolute Gasteiger partial charge is 0.134 e. The van der Waals surface area contributed by atoms with Gasteiger partial charge in [-0.05, 0) is 28.1 Å². The first-order valence-corrected chi connectivity index (χ1v) is 6.78. The minimum absolute atomic E-state index is 0.277. The van der Waals surface area contributed by atoms with E-state index in [1.807, 2.05) is 42.5 Å². The van der Waals surface area contributed by atoms with Crippen molar-refractivity contribution in [3.05, 3.63) is 58.1 Å². The largest absolute Gasteiger partial charge is 0.506 e. The van der Waals surface area contributed by atoms with Crippen LogP contribution in [0, 0.1) is 0 Å². The number of para-hydroxylation sites is 2. The zero-order valence-corrected chi connectivity index (χ0v) is 12.3. The van der Waals surface area contributed by atoms with Gasteiger partial charge in [0.1, 0.15) is 5.75 Å². The Morgan fingerprint density at radius 2 is 1.84 bits per heavy atom. The highest BCUT2D eigenvalue weighted by Crippen LogP contribution is 2.28. The van der Waals surface area contributed by atoms with Gasteiger partial charge in [0.2, 0.25) is 0 Å². The van der Waals surface area contributed by atoms with Gasteiger partial charge in [0.25, 0.3) is 0 Å². The summed E-state index contributed by atoms with van der Waals surface area (Å²) in [7, 11) is 1.68. The predicted octanol–water partition coefficient (Wildman–Crippen LogP) is 3.91. The van der Waals surface area contributed by atoms with E-state index in [2.05, 4.69) is 21.2 Å². The molecule has 2 rings (SSSR count). The van der Waals surface area contributed by atoms with E-state index >= 15 is 0 Å². The van der Waals surface area contributed by atoms with Crippen LogP contribution in [-0.2, 0) is 17.9 Å². The van der Waals surface area contributed by atoms with E-state index in [0.29, 0.717) is 17.6 Å². The molecule has 0 bridgehead atoms. The Hall–Kier alpha value is -1.52. The molecule has 0 aliphatic rings. The summed E-state index contributed by atoms with van der Waals surface area (Å²) in [4.78, 5) is 0. The Bertz CT molecular complexity index is 558. The van der Waals surface area contributed by atoms with Crippen molar-refractivity contribution >= 4 is 21.6 Å². The second-order valence-corrected chi connectivity index (χ2v) is 5.05. The number of phenols is 1. The van der Waals surface area contributed by atoms with Crippen molar-refractivity contribution < 1.29 is 9.84 Å². The molecule has 0 saturated carbocycles. The number of aromatic hydroxyl groups is 1. The first kappa shape index (κ1) is 13.9. The molecule has 0 aromatic heterocycles. The summed E-state index contributed by atoms with van der Waals surface area (Å²) >= 11 is 3.31. The second kappa shape index (κ2) is 6.59. The summed E-state index contributed by atoms with van der Waals surface area (Å²) in [6.07, 6.45) is 0. The zero-order valence-electron chi connectivity index (χ0n) is 10.7. The molecule has 0 unspecified atom stereocenters. The number of halogens is 1. The van der Waals surface area contributed by atoms with Crippen LogP contribution >= 0.6 is 15.9 Å². The highest BCUT2D eigenvalue weighted by atomic mass is 79.9. The summed E-state index contributed by atoms with van der Waals surface area (Å²) < 4.78 is 5.87. The maximum Gasteiger partial charge on any atom is 0.134 e. The number of methoxy groups -OCH3 is 1. The zero-order chi connectivity index (χ0) is 13.7. The van der Waals surface area contributed by atoms with Crippen LogP contribution in [0.1, 0.15) is 11.1 Å². The molecule has 2 N–H and O–H groups in total. The van der Waals surface area contributed by atoms with E-state index in [1.165, 1.54) is 0 Å². The Kier molecular flexibility index (Phi) is 4.82. The fourth-order valence-corrected chi connectivity index (χ4v) is 2.27. The van der Waals surface area contributed by atoms with E-state index in [9.17, 15) is 5.11 Å².